The minimum absolute atomic E-state index is 0.0193. The Morgan fingerprint density at radius 2 is 2.50 bits per heavy atom. The van der Waals surface area contributed by atoms with Crippen molar-refractivity contribution in [1.29, 1.82) is 0 Å². The zero-order valence-corrected chi connectivity index (χ0v) is 9.48. The van der Waals surface area contributed by atoms with Crippen LogP contribution in [-0.2, 0) is 22.6 Å². The molecule has 1 amide bonds. The number of nitrogens with zero attached hydrogens (tertiary/aromatic N) is 2. The number of nitrogens with one attached hydrogen (secondary N) is 1. The van der Waals surface area contributed by atoms with E-state index in [0.29, 0.717) is 13.2 Å². The number of rotatable bonds is 8. The molecule has 6 nitrogen and oxygen atoms in total. The van der Waals surface area contributed by atoms with Gasteiger partial charge in [-0.15, -0.1) is 0 Å². The van der Waals surface area contributed by atoms with Gasteiger partial charge in [0.25, 0.3) is 0 Å². The summed E-state index contributed by atoms with van der Waals surface area (Å²) < 4.78 is 6.94. The van der Waals surface area contributed by atoms with Crippen LogP contribution in [0.25, 0.3) is 0 Å². The van der Waals surface area contributed by atoms with Gasteiger partial charge in [0.2, 0.25) is 5.91 Å². The maximum absolute atomic E-state index is 10.4. The minimum Gasteiger partial charge on any atom is -0.370 e. The van der Waals surface area contributed by atoms with Gasteiger partial charge >= 0.3 is 0 Å². The fourth-order valence-corrected chi connectivity index (χ4v) is 1.33. The maximum Gasteiger partial charge on any atom is 0.243 e. The zero-order chi connectivity index (χ0) is 11.8. The van der Waals surface area contributed by atoms with Crippen molar-refractivity contribution in [2.45, 2.75) is 20.0 Å². The zero-order valence-electron chi connectivity index (χ0n) is 9.48. The third-order valence-electron chi connectivity index (χ3n) is 2.08. The summed E-state index contributed by atoms with van der Waals surface area (Å²) >= 11 is 0. The first-order chi connectivity index (χ1) is 7.74. The number of hydrogen-bond acceptors (Lipinski definition) is 4. The van der Waals surface area contributed by atoms with Crippen molar-refractivity contribution in [2.75, 3.05) is 19.8 Å². The predicted molar refractivity (Wildman–Crippen MR) is 59.6 cm³/mol. The number of aryl methyl sites for hydroxylation is 1. The number of hydrogen-bond donors (Lipinski definition) is 2. The Balaban J connectivity index is 2.09. The van der Waals surface area contributed by atoms with Gasteiger partial charge in [0.1, 0.15) is 6.61 Å². The van der Waals surface area contributed by atoms with E-state index < -0.39 is 5.91 Å². The number of carbonyl (C=O) groups is 1. The van der Waals surface area contributed by atoms with E-state index in [1.54, 1.807) is 6.20 Å². The SMILES string of the molecule is CCn1nccc1CNCCOCC(N)=O. The Labute approximate surface area is 94.8 Å². The van der Waals surface area contributed by atoms with Crippen LogP contribution in [0.4, 0.5) is 0 Å². The van der Waals surface area contributed by atoms with E-state index in [2.05, 4.69) is 10.4 Å². The van der Waals surface area contributed by atoms with E-state index in [9.17, 15) is 4.79 Å². The van der Waals surface area contributed by atoms with Crippen LogP contribution in [0.15, 0.2) is 12.3 Å². The van der Waals surface area contributed by atoms with Gasteiger partial charge in [0, 0.05) is 25.8 Å². The van der Waals surface area contributed by atoms with Crippen LogP contribution in [0.5, 0.6) is 0 Å². The van der Waals surface area contributed by atoms with E-state index in [1.807, 2.05) is 17.7 Å². The summed E-state index contributed by atoms with van der Waals surface area (Å²) in [6.45, 7) is 4.79. The van der Waals surface area contributed by atoms with Crippen molar-refractivity contribution in [3.05, 3.63) is 18.0 Å². The Kier molecular flexibility index (Phi) is 5.52. The van der Waals surface area contributed by atoms with Crippen LogP contribution in [-0.4, -0.2) is 35.4 Å². The van der Waals surface area contributed by atoms with Crippen LogP contribution in [0.3, 0.4) is 0 Å². The molecule has 0 aromatic carbocycles. The van der Waals surface area contributed by atoms with E-state index in [0.717, 1.165) is 18.8 Å². The summed E-state index contributed by atoms with van der Waals surface area (Å²) in [6, 6.07) is 1.97. The van der Waals surface area contributed by atoms with E-state index in [4.69, 9.17) is 10.5 Å². The highest BCUT2D eigenvalue weighted by molar-refractivity contribution is 5.74. The first-order valence-corrected chi connectivity index (χ1v) is 5.31. The predicted octanol–water partition coefficient (Wildman–Crippen LogP) is -0.505. The molecule has 6 heteroatoms. The van der Waals surface area contributed by atoms with Gasteiger partial charge in [-0.1, -0.05) is 0 Å². The summed E-state index contributed by atoms with van der Waals surface area (Å²) in [6.07, 6.45) is 1.78. The number of ether oxygens (including phenoxy) is 1. The van der Waals surface area contributed by atoms with E-state index in [-0.39, 0.29) is 6.61 Å². The molecule has 3 N–H and O–H groups in total. The number of primary amides is 1. The highest BCUT2D eigenvalue weighted by Crippen LogP contribution is 1.97. The van der Waals surface area contributed by atoms with Gasteiger partial charge in [-0.05, 0) is 13.0 Å². The smallest absolute Gasteiger partial charge is 0.243 e. The molecule has 0 saturated carbocycles. The monoisotopic (exact) mass is 226 g/mol. The Morgan fingerprint density at radius 1 is 1.69 bits per heavy atom. The molecule has 0 aliphatic carbocycles. The van der Waals surface area contributed by atoms with Crippen LogP contribution in [0.1, 0.15) is 12.6 Å². The normalized spacial score (nSPS) is 10.6. The lowest BCUT2D eigenvalue weighted by molar-refractivity contribution is -0.122. The molecule has 0 atom stereocenters. The third-order valence-corrected chi connectivity index (χ3v) is 2.08. The molecule has 1 aromatic heterocycles. The van der Waals surface area contributed by atoms with Gasteiger partial charge in [-0.25, -0.2) is 0 Å². The quantitative estimate of drug-likeness (QED) is 0.585. The topological polar surface area (TPSA) is 82.2 Å². The summed E-state index contributed by atoms with van der Waals surface area (Å²) in [4.78, 5) is 10.4. The molecule has 1 heterocycles. The van der Waals surface area contributed by atoms with E-state index >= 15 is 0 Å². The van der Waals surface area contributed by atoms with Crippen LogP contribution in [0, 0.1) is 0 Å². The highest BCUT2D eigenvalue weighted by atomic mass is 16.5. The molecule has 0 radical (unpaired) electrons. The van der Waals surface area contributed by atoms with Crippen molar-refractivity contribution in [3.8, 4) is 0 Å². The molecule has 16 heavy (non-hydrogen) atoms. The largest absolute Gasteiger partial charge is 0.370 e. The number of aromatic nitrogens is 2. The van der Waals surface area contributed by atoms with Crippen molar-refractivity contribution in [2.24, 2.45) is 5.73 Å². The molecule has 1 aromatic rings. The number of amides is 1. The van der Waals surface area contributed by atoms with Crippen molar-refractivity contribution in [3.63, 3.8) is 0 Å². The summed E-state index contributed by atoms with van der Waals surface area (Å²) in [5.74, 6) is -0.441. The average molecular weight is 226 g/mol. The van der Waals surface area contributed by atoms with Crippen LogP contribution >= 0.6 is 0 Å². The second-order valence-electron chi connectivity index (χ2n) is 3.33. The molecule has 0 aliphatic rings. The molecule has 0 fully saturated rings. The summed E-state index contributed by atoms with van der Waals surface area (Å²) in [5, 5.41) is 7.36. The van der Waals surface area contributed by atoms with Gasteiger partial charge in [0.15, 0.2) is 0 Å². The molecule has 0 aliphatic heterocycles. The lowest BCUT2D eigenvalue weighted by atomic mass is 10.4. The number of carbonyl (C=O) groups excluding carboxylic acids is 1. The van der Waals surface area contributed by atoms with Crippen molar-refractivity contribution in [1.82, 2.24) is 15.1 Å². The van der Waals surface area contributed by atoms with Gasteiger partial charge < -0.3 is 15.8 Å². The van der Waals surface area contributed by atoms with E-state index in [1.165, 1.54) is 0 Å². The maximum atomic E-state index is 10.4. The molecular weight excluding hydrogens is 208 g/mol. The average Bonchev–Trinajstić information content (AvgIpc) is 2.70. The minimum atomic E-state index is -0.441. The summed E-state index contributed by atoms with van der Waals surface area (Å²) in [7, 11) is 0. The van der Waals surface area contributed by atoms with Crippen molar-refractivity contribution >= 4 is 5.91 Å². The second-order valence-corrected chi connectivity index (χ2v) is 3.33. The molecule has 0 spiro atoms. The Morgan fingerprint density at radius 3 is 3.19 bits per heavy atom. The lowest BCUT2D eigenvalue weighted by Gasteiger charge is -2.06. The van der Waals surface area contributed by atoms with Gasteiger partial charge in [0.05, 0.1) is 12.3 Å². The first-order valence-electron chi connectivity index (χ1n) is 5.31. The molecular formula is C10H18N4O2. The van der Waals surface area contributed by atoms with Crippen molar-refractivity contribution < 1.29 is 9.53 Å². The summed E-state index contributed by atoms with van der Waals surface area (Å²) in [5.41, 5.74) is 6.06. The van der Waals surface area contributed by atoms with Gasteiger partial charge in [-0.2, -0.15) is 5.10 Å². The first kappa shape index (κ1) is 12.7. The number of nitrogens with two attached hydrogens (primary N) is 1. The third kappa shape index (κ3) is 4.41. The molecule has 0 saturated heterocycles. The molecule has 0 bridgehead atoms. The molecule has 90 valence electrons. The standard InChI is InChI=1S/C10H18N4O2/c1-2-14-9(3-4-13-14)7-12-5-6-16-8-10(11)15/h3-4,12H,2,5-8H2,1H3,(H2,11,15). The highest BCUT2D eigenvalue weighted by Gasteiger charge is 1.99. The molecule has 1 rings (SSSR count). The second kappa shape index (κ2) is 6.97. The lowest BCUT2D eigenvalue weighted by Crippen LogP contribution is -2.24. The fraction of sp³-hybridized carbons (Fsp3) is 0.600. The Bertz CT molecular complexity index is 324. The molecule has 0 unspecified atom stereocenters. The van der Waals surface area contributed by atoms with Crippen LogP contribution in [0.2, 0.25) is 0 Å². The van der Waals surface area contributed by atoms with Gasteiger partial charge in [-0.3, -0.25) is 9.48 Å². The fourth-order valence-electron chi connectivity index (χ4n) is 1.33. The van der Waals surface area contributed by atoms with Crippen LogP contribution < -0.4 is 11.1 Å². The Hall–Kier alpha value is -1.40.